The van der Waals surface area contributed by atoms with Crippen molar-refractivity contribution in [3.63, 3.8) is 0 Å². The van der Waals surface area contributed by atoms with Gasteiger partial charge in [0.05, 0.1) is 0 Å². The van der Waals surface area contributed by atoms with Crippen molar-refractivity contribution in [2.45, 2.75) is 32.2 Å². The number of amides is 1. The molecule has 0 aromatic heterocycles. The van der Waals surface area contributed by atoms with Crippen LogP contribution >= 0.6 is 0 Å². The zero-order valence-corrected chi connectivity index (χ0v) is 10.5. The molecule has 0 aromatic carbocycles. The normalized spacial score (nSPS) is 55.2. The number of hydrogen-bond acceptors (Lipinski definition) is 2. The van der Waals surface area contributed by atoms with Gasteiger partial charge in [0, 0.05) is 25.0 Å². The standard InChI is InChI=1S/C14H22N2O/c1-7-5-16(6-10(7)15)14(17)13-11-8-2-3-9(4-8)12(11)13/h7-13H,2-6,15H2,1H3. The Labute approximate surface area is 103 Å². The molecule has 6 unspecified atom stereocenters. The maximum Gasteiger partial charge on any atom is 0.226 e. The molecule has 2 bridgehead atoms. The summed E-state index contributed by atoms with van der Waals surface area (Å²) in [4.78, 5) is 14.6. The topological polar surface area (TPSA) is 46.3 Å². The molecule has 1 aliphatic heterocycles. The number of hydrogen-bond donors (Lipinski definition) is 1. The molecule has 0 radical (unpaired) electrons. The molecule has 1 amide bonds. The summed E-state index contributed by atoms with van der Waals surface area (Å²) >= 11 is 0. The number of likely N-dealkylation sites (tertiary alicyclic amines) is 1. The van der Waals surface area contributed by atoms with E-state index in [1.165, 1.54) is 19.3 Å². The third kappa shape index (κ3) is 1.29. The average Bonchev–Trinajstić information content (AvgIpc) is 2.60. The fourth-order valence-electron chi connectivity index (χ4n) is 5.04. The first-order valence-electron chi connectivity index (χ1n) is 7.21. The number of rotatable bonds is 1. The number of fused-ring (bicyclic) bond motifs is 5. The van der Waals surface area contributed by atoms with Crippen LogP contribution in [0.3, 0.4) is 0 Å². The summed E-state index contributed by atoms with van der Waals surface area (Å²) in [6.07, 6.45) is 4.21. The number of nitrogens with zero attached hydrogens (tertiary/aromatic N) is 1. The first kappa shape index (κ1) is 10.4. The van der Waals surface area contributed by atoms with Gasteiger partial charge in [-0.15, -0.1) is 0 Å². The highest BCUT2D eigenvalue weighted by Crippen LogP contribution is 2.69. The Hall–Kier alpha value is -0.570. The predicted octanol–water partition coefficient (Wildman–Crippen LogP) is 1.08. The highest BCUT2D eigenvalue weighted by Gasteiger charge is 2.68. The van der Waals surface area contributed by atoms with Crippen LogP contribution in [-0.2, 0) is 4.79 Å². The maximum absolute atomic E-state index is 12.5. The van der Waals surface area contributed by atoms with Gasteiger partial charge in [-0.2, -0.15) is 0 Å². The quantitative estimate of drug-likeness (QED) is 0.738. The van der Waals surface area contributed by atoms with E-state index >= 15 is 0 Å². The van der Waals surface area contributed by atoms with Gasteiger partial charge < -0.3 is 10.6 Å². The molecule has 0 spiro atoms. The Kier molecular flexibility index (Phi) is 1.98. The minimum atomic E-state index is 0.203. The molecule has 17 heavy (non-hydrogen) atoms. The SMILES string of the molecule is CC1CN(C(=O)C2C3C4CCC(C4)C23)CC1N. The van der Waals surface area contributed by atoms with Crippen LogP contribution in [0.25, 0.3) is 0 Å². The molecule has 1 heterocycles. The summed E-state index contributed by atoms with van der Waals surface area (Å²) in [5.41, 5.74) is 6.02. The molecule has 4 rings (SSSR count). The molecule has 3 nitrogen and oxygen atoms in total. The van der Waals surface area contributed by atoms with Crippen LogP contribution in [0.5, 0.6) is 0 Å². The lowest BCUT2D eigenvalue weighted by Crippen LogP contribution is -2.34. The first-order valence-corrected chi connectivity index (χ1v) is 7.21. The zero-order valence-electron chi connectivity index (χ0n) is 10.5. The van der Waals surface area contributed by atoms with E-state index in [-0.39, 0.29) is 6.04 Å². The van der Waals surface area contributed by atoms with Crippen molar-refractivity contribution in [2.24, 2.45) is 41.2 Å². The fourth-order valence-corrected chi connectivity index (χ4v) is 5.04. The van der Waals surface area contributed by atoms with E-state index in [9.17, 15) is 4.79 Å². The van der Waals surface area contributed by atoms with E-state index in [1.807, 2.05) is 0 Å². The van der Waals surface area contributed by atoms with Crippen LogP contribution in [0.15, 0.2) is 0 Å². The minimum Gasteiger partial charge on any atom is -0.341 e. The number of carbonyl (C=O) groups is 1. The summed E-state index contributed by atoms with van der Waals surface area (Å²) in [5, 5.41) is 0. The highest BCUT2D eigenvalue weighted by molar-refractivity contribution is 5.83. The number of carbonyl (C=O) groups excluding carboxylic acids is 1. The lowest BCUT2D eigenvalue weighted by Gasteiger charge is -2.18. The molecule has 94 valence electrons. The molecule has 2 N–H and O–H groups in total. The van der Waals surface area contributed by atoms with Crippen molar-refractivity contribution in [1.82, 2.24) is 4.90 Å². The van der Waals surface area contributed by atoms with E-state index < -0.39 is 0 Å². The lowest BCUT2D eigenvalue weighted by molar-refractivity contribution is -0.132. The van der Waals surface area contributed by atoms with Crippen LogP contribution in [0.2, 0.25) is 0 Å². The van der Waals surface area contributed by atoms with Gasteiger partial charge in [-0.3, -0.25) is 4.79 Å². The molecule has 3 heteroatoms. The van der Waals surface area contributed by atoms with Crippen molar-refractivity contribution in [3.05, 3.63) is 0 Å². The summed E-state index contributed by atoms with van der Waals surface area (Å²) in [6, 6.07) is 0.203. The fraction of sp³-hybridized carbons (Fsp3) is 0.929. The molecule has 3 saturated carbocycles. The van der Waals surface area contributed by atoms with Crippen LogP contribution in [-0.4, -0.2) is 29.9 Å². The largest absolute Gasteiger partial charge is 0.341 e. The second kappa shape index (κ2) is 3.25. The summed E-state index contributed by atoms with van der Waals surface area (Å²) in [6.45, 7) is 3.85. The summed E-state index contributed by atoms with van der Waals surface area (Å²) < 4.78 is 0. The smallest absolute Gasteiger partial charge is 0.226 e. The van der Waals surface area contributed by atoms with Gasteiger partial charge in [-0.05, 0) is 48.9 Å². The molecular formula is C14H22N2O. The molecule has 4 fully saturated rings. The van der Waals surface area contributed by atoms with E-state index in [1.54, 1.807) is 0 Å². The maximum atomic E-state index is 12.5. The van der Waals surface area contributed by atoms with E-state index in [2.05, 4.69) is 11.8 Å². The lowest BCUT2D eigenvalue weighted by atomic mass is 10.0. The Bertz CT molecular complexity index is 343. The van der Waals surface area contributed by atoms with Crippen LogP contribution in [0, 0.1) is 35.5 Å². The zero-order chi connectivity index (χ0) is 11.7. The third-order valence-corrected chi connectivity index (χ3v) is 6.00. The van der Waals surface area contributed by atoms with Crippen molar-refractivity contribution < 1.29 is 4.79 Å². The third-order valence-electron chi connectivity index (χ3n) is 6.00. The Balaban J connectivity index is 1.46. The molecule has 3 aliphatic carbocycles. The van der Waals surface area contributed by atoms with Gasteiger partial charge in [-0.25, -0.2) is 0 Å². The summed E-state index contributed by atoms with van der Waals surface area (Å²) in [5.74, 6) is 4.66. The van der Waals surface area contributed by atoms with E-state index in [0.29, 0.717) is 17.7 Å². The van der Waals surface area contributed by atoms with Crippen LogP contribution in [0.4, 0.5) is 0 Å². The molecular weight excluding hydrogens is 212 g/mol. The Morgan fingerprint density at radius 3 is 2.35 bits per heavy atom. The molecule has 6 atom stereocenters. The highest BCUT2D eigenvalue weighted by atomic mass is 16.2. The van der Waals surface area contributed by atoms with Gasteiger partial charge in [0.25, 0.3) is 0 Å². The van der Waals surface area contributed by atoms with Crippen molar-refractivity contribution in [2.75, 3.05) is 13.1 Å². The number of nitrogens with two attached hydrogens (primary N) is 1. The Morgan fingerprint density at radius 1 is 1.18 bits per heavy atom. The van der Waals surface area contributed by atoms with Crippen LogP contribution < -0.4 is 5.73 Å². The Morgan fingerprint density at radius 2 is 1.82 bits per heavy atom. The van der Waals surface area contributed by atoms with Gasteiger partial charge in [0.1, 0.15) is 0 Å². The van der Waals surface area contributed by atoms with Crippen LogP contribution in [0.1, 0.15) is 26.2 Å². The van der Waals surface area contributed by atoms with E-state index in [4.69, 9.17) is 5.73 Å². The average molecular weight is 234 g/mol. The van der Waals surface area contributed by atoms with Gasteiger partial charge >= 0.3 is 0 Å². The monoisotopic (exact) mass is 234 g/mol. The molecule has 4 aliphatic rings. The van der Waals surface area contributed by atoms with E-state index in [0.717, 1.165) is 36.8 Å². The van der Waals surface area contributed by atoms with Gasteiger partial charge in [0.15, 0.2) is 0 Å². The molecule has 0 aromatic rings. The second-order valence-electron chi connectivity index (χ2n) is 6.90. The van der Waals surface area contributed by atoms with Crippen molar-refractivity contribution in [1.29, 1.82) is 0 Å². The van der Waals surface area contributed by atoms with Crippen molar-refractivity contribution in [3.8, 4) is 0 Å². The minimum absolute atomic E-state index is 0.203. The summed E-state index contributed by atoms with van der Waals surface area (Å²) in [7, 11) is 0. The second-order valence-corrected chi connectivity index (χ2v) is 6.90. The first-order chi connectivity index (χ1) is 8.16. The van der Waals surface area contributed by atoms with Crippen molar-refractivity contribution >= 4 is 5.91 Å². The predicted molar refractivity (Wildman–Crippen MR) is 65.0 cm³/mol. The molecule has 1 saturated heterocycles. The van der Waals surface area contributed by atoms with Gasteiger partial charge in [-0.1, -0.05) is 6.92 Å². The van der Waals surface area contributed by atoms with Gasteiger partial charge in [0.2, 0.25) is 5.91 Å².